The third kappa shape index (κ3) is 11.9. The van der Waals surface area contributed by atoms with Crippen LogP contribution in [0.25, 0.3) is 0 Å². The normalized spacial score (nSPS) is 33.0. The van der Waals surface area contributed by atoms with E-state index in [1.54, 1.807) is 6.20 Å². The lowest BCUT2D eigenvalue weighted by atomic mass is 9.89. The summed E-state index contributed by atoms with van der Waals surface area (Å²) in [5.74, 6) is -5.02. The van der Waals surface area contributed by atoms with Gasteiger partial charge in [-0.05, 0) is 32.7 Å². The van der Waals surface area contributed by atoms with Crippen LogP contribution < -0.4 is 10.4 Å². The minimum absolute atomic E-state index is 0.0280. The summed E-state index contributed by atoms with van der Waals surface area (Å²) in [5, 5.41) is 81.5. The van der Waals surface area contributed by atoms with Crippen molar-refractivity contribution in [2.45, 2.75) is 119 Å². The van der Waals surface area contributed by atoms with Crippen molar-refractivity contribution in [2.75, 3.05) is 46.6 Å². The van der Waals surface area contributed by atoms with Crippen molar-refractivity contribution >= 4 is 29.7 Å². The van der Waals surface area contributed by atoms with Gasteiger partial charge in [-0.3, -0.25) is 19.3 Å². The number of aliphatic carboxylic acids is 1. The van der Waals surface area contributed by atoms with E-state index in [1.165, 1.54) is 33.7 Å². The zero-order chi connectivity index (χ0) is 46.0. The summed E-state index contributed by atoms with van der Waals surface area (Å²) >= 11 is 0. The molecule has 14 atom stereocenters. The molecule has 4 aliphatic heterocycles. The molecule has 4 saturated heterocycles. The van der Waals surface area contributed by atoms with E-state index in [4.69, 9.17) is 33.5 Å². The monoisotopic (exact) mass is 898 g/mol. The molecule has 352 valence electrons. The molecule has 1 aromatic heterocycles. The number of carbonyl (C=O) groups is 5. The van der Waals surface area contributed by atoms with Crippen LogP contribution in [0, 0.1) is 11.8 Å². The summed E-state index contributed by atoms with van der Waals surface area (Å²) < 4.78 is 35.0. The van der Waals surface area contributed by atoms with Crippen LogP contribution in [0.1, 0.15) is 37.8 Å². The Labute approximate surface area is 361 Å². The second-order valence-corrected chi connectivity index (χ2v) is 15.5. The van der Waals surface area contributed by atoms with Crippen molar-refractivity contribution in [1.82, 2.24) is 30.1 Å². The van der Waals surface area contributed by atoms with E-state index in [2.05, 4.69) is 28.8 Å². The van der Waals surface area contributed by atoms with Gasteiger partial charge in [-0.25, -0.2) is 4.68 Å². The number of nitrogens with zero attached hydrogens (tertiary/aromatic N) is 5. The Hall–Kier alpha value is -4.31. The molecule has 4 fully saturated rings. The number of rotatable bonds is 25. The molecule has 63 heavy (non-hydrogen) atoms. The Bertz CT molecular complexity index is 1720. The molecular weight excluding hydrogens is 840 g/mol. The number of aliphatic hydroxyl groups excluding tert-OH is 5. The predicted molar refractivity (Wildman–Crippen MR) is 208 cm³/mol. The lowest BCUT2D eigenvalue weighted by Gasteiger charge is -2.45. The van der Waals surface area contributed by atoms with Crippen LogP contribution in [0.15, 0.2) is 31.5 Å². The lowest BCUT2D eigenvalue weighted by Crippen LogP contribution is -2.67. The number of imide groups is 1. The number of amides is 3. The maximum absolute atomic E-state index is 13.1. The molecule has 0 aliphatic carbocycles. The van der Waals surface area contributed by atoms with Gasteiger partial charge in [0, 0.05) is 30.3 Å². The fraction of sp³-hybridized carbons (Fsp3) is 0.718. The second kappa shape index (κ2) is 23.0. The predicted octanol–water partition coefficient (Wildman–Crippen LogP) is -5.81. The molecule has 24 nitrogen and oxygen atoms in total. The number of aromatic nitrogens is 3. The number of ether oxygens (including phenoxy) is 6. The Kier molecular flexibility index (Phi) is 18.2. The zero-order valence-corrected chi connectivity index (χ0v) is 34.8. The number of likely N-dealkylation sites (tertiary alicyclic amines) is 1. The number of hydrogen-bond donors (Lipinski definition) is 6. The molecule has 3 amide bonds. The lowest BCUT2D eigenvalue weighted by molar-refractivity contribution is -0.341. The van der Waals surface area contributed by atoms with Gasteiger partial charge in [0.1, 0.15) is 42.3 Å². The van der Waals surface area contributed by atoms with E-state index in [9.17, 15) is 54.6 Å². The Morgan fingerprint density at radius 2 is 1.62 bits per heavy atom. The number of carboxylic acids is 1. The highest BCUT2D eigenvalue weighted by Crippen LogP contribution is 2.41. The Morgan fingerprint density at radius 3 is 2.24 bits per heavy atom. The molecular formula is C39H58N6O18. The number of fused-ring (bicyclic) bond motifs is 1. The first kappa shape index (κ1) is 49.7. The molecule has 5 rings (SSSR count). The minimum atomic E-state index is -1.84. The van der Waals surface area contributed by atoms with E-state index in [-0.39, 0.29) is 64.2 Å². The Morgan fingerprint density at radius 1 is 0.921 bits per heavy atom. The van der Waals surface area contributed by atoms with Gasteiger partial charge in [0.15, 0.2) is 12.6 Å². The first-order valence-electron chi connectivity index (χ1n) is 20.7. The van der Waals surface area contributed by atoms with Crippen molar-refractivity contribution < 1.29 is 88.1 Å². The highest BCUT2D eigenvalue weighted by Gasteiger charge is 2.58. The van der Waals surface area contributed by atoms with Crippen LogP contribution in [-0.4, -0.2) is 205 Å². The highest BCUT2D eigenvalue weighted by molar-refractivity contribution is 6.06. The van der Waals surface area contributed by atoms with Crippen LogP contribution in [-0.2, 0) is 65.5 Å². The molecule has 0 aromatic carbocycles. The number of carbonyl (C=O) groups excluding carboxylic acids is 5. The second-order valence-electron chi connectivity index (χ2n) is 15.5. The van der Waals surface area contributed by atoms with Gasteiger partial charge in [-0.2, -0.15) is 0 Å². The van der Waals surface area contributed by atoms with E-state index in [0.29, 0.717) is 25.0 Å². The molecule has 0 saturated carbocycles. The van der Waals surface area contributed by atoms with Crippen LogP contribution in [0.5, 0.6) is 0 Å². The van der Waals surface area contributed by atoms with Gasteiger partial charge in [0.2, 0.25) is 23.8 Å². The summed E-state index contributed by atoms with van der Waals surface area (Å²) in [6.07, 6.45) is -10.1. The SMILES string of the molecule is C=C[C@@H]1O[C@H](C=C)[C@@H]2C(=O)N(CCCCCN(Cc3cn(CCOCCO[C@@H]4OC(C(=O)[OH2+])[C@@H](O[C@H]5OC(CO)[C@@H](O)[C@H](O)C5NC)[C@H](O)C4O)nn3)C(=O)CCC(=O)[O-])C(=O)[C@@H]21. The van der Waals surface area contributed by atoms with Crippen LogP contribution in [0.4, 0.5) is 0 Å². The summed E-state index contributed by atoms with van der Waals surface area (Å²) in [4.78, 5) is 65.2. The van der Waals surface area contributed by atoms with Crippen LogP contribution in [0.2, 0.25) is 0 Å². The largest absolute Gasteiger partial charge is 0.563 e. The zero-order valence-electron chi connectivity index (χ0n) is 34.8. The highest BCUT2D eigenvalue weighted by atomic mass is 16.7. The summed E-state index contributed by atoms with van der Waals surface area (Å²) in [6.45, 7) is 7.29. The summed E-state index contributed by atoms with van der Waals surface area (Å²) in [5.41, 5.74) is 0.414. The minimum Gasteiger partial charge on any atom is -0.563 e. The van der Waals surface area contributed by atoms with Crippen molar-refractivity contribution in [1.29, 1.82) is 0 Å². The fourth-order valence-electron chi connectivity index (χ4n) is 8.05. The number of carboxylic acid groups (broad SMARTS) is 1. The molecule has 0 spiro atoms. The molecule has 4 unspecified atom stereocenters. The van der Waals surface area contributed by atoms with Crippen molar-refractivity contribution in [3.8, 4) is 0 Å². The molecule has 0 bridgehead atoms. The van der Waals surface area contributed by atoms with E-state index in [0.717, 1.165) is 0 Å². The van der Waals surface area contributed by atoms with Crippen LogP contribution in [0.3, 0.4) is 0 Å². The third-order valence-electron chi connectivity index (χ3n) is 11.4. The molecule has 5 heterocycles. The van der Waals surface area contributed by atoms with E-state index < -0.39 is 116 Å². The third-order valence-corrected chi connectivity index (χ3v) is 11.4. The standard InChI is InChI=1S/C39H58N6O18/c1-4-21-26-27(22(5-2)60-21)36(55)45(35(26)54)12-8-6-7-11-43(24(47)9-10-25(48)49)17-20-18-44(42-41-20)13-14-58-15-16-59-39-32(53)31(52)33(34(63-39)37(56)57)62-38-28(40-3)30(51)29(50)23(19-46)61-38/h4-5,18,21-23,26-34,38-40,46,50-53H,1-2,6-17,19H2,3H3,(H,48,49)(H,56,57)/t21-,22+,23?,26+,27-,28?,29-,30-,31-,32?,33+,34?,38-,39-/m1/s1. The van der Waals surface area contributed by atoms with E-state index >= 15 is 0 Å². The summed E-state index contributed by atoms with van der Waals surface area (Å²) in [7, 11) is 1.42. The molecule has 1 aromatic rings. The Balaban J connectivity index is 1.04. The summed E-state index contributed by atoms with van der Waals surface area (Å²) in [6, 6.07) is -1.09. The molecule has 0 radical (unpaired) electrons. The quantitative estimate of drug-likeness (QED) is 0.0230. The number of nitrogens with one attached hydrogen (secondary N) is 1. The average molecular weight is 899 g/mol. The number of likely N-dealkylation sites (N-methyl/N-ethyl adjacent to an activating group) is 1. The molecule has 4 aliphatic rings. The number of hydrogen-bond acceptors (Lipinski definition) is 20. The van der Waals surface area contributed by atoms with Gasteiger partial charge in [0.25, 0.3) is 0 Å². The van der Waals surface area contributed by atoms with Gasteiger partial charge >= 0.3 is 5.97 Å². The van der Waals surface area contributed by atoms with Crippen molar-refractivity contribution in [2.24, 2.45) is 11.8 Å². The first-order chi connectivity index (χ1) is 30.1. The maximum atomic E-state index is 13.1. The fourth-order valence-corrected chi connectivity index (χ4v) is 8.05. The first-order valence-corrected chi connectivity index (χ1v) is 20.7. The van der Waals surface area contributed by atoms with E-state index in [1.807, 2.05) is 0 Å². The molecule has 24 heteroatoms. The average Bonchev–Trinajstić information content (AvgIpc) is 3.95. The van der Waals surface area contributed by atoms with Gasteiger partial charge in [-0.15, -0.1) is 18.3 Å². The van der Waals surface area contributed by atoms with Gasteiger partial charge in [0.05, 0.1) is 75.8 Å². The van der Waals surface area contributed by atoms with Crippen molar-refractivity contribution in [3.63, 3.8) is 0 Å². The number of unbranched alkanes of at least 4 members (excludes halogenated alkanes) is 2. The number of aliphatic hydroxyl groups is 5. The smallest absolute Gasteiger partial charge is 0.548 e. The topological polar surface area (TPSA) is 337 Å². The van der Waals surface area contributed by atoms with Gasteiger partial charge in [-0.1, -0.05) is 17.4 Å². The van der Waals surface area contributed by atoms with Crippen molar-refractivity contribution in [3.05, 3.63) is 37.2 Å². The molecule has 8 N–H and O–H groups in total. The maximum Gasteiger partial charge on any atom is 0.548 e. The van der Waals surface area contributed by atoms with Crippen LogP contribution >= 0.6 is 0 Å². The van der Waals surface area contributed by atoms with Gasteiger partial charge < -0.3 is 79.2 Å².